The Kier molecular flexibility index (Phi) is 10.5. The van der Waals surface area contributed by atoms with E-state index in [9.17, 15) is 34.8 Å². The van der Waals surface area contributed by atoms with Crippen LogP contribution in [-0.2, 0) is 22.7 Å². The molecule has 1 aliphatic rings. The Bertz CT molecular complexity index is 725. The molecule has 0 saturated carbocycles. The van der Waals surface area contributed by atoms with Crippen LogP contribution in [0.15, 0.2) is 18.5 Å². The van der Waals surface area contributed by atoms with Gasteiger partial charge in [0.25, 0.3) is 0 Å². The molecular formula is C16H26F6N4O2S. The van der Waals surface area contributed by atoms with Crippen molar-refractivity contribution in [2.75, 3.05) is 25.9 Å². The minimum Gasteiger partial charge on any atom is -0.326 e. The fraction of sp³-hybridized carbons (Fsp3) is 0.688. The van der Waals surface area contributed by atoms with Crippen LogP contribution < -0.4 is 15.8 Å². The van der Waals surface area contributed by atoms with E-state index in [1.54, 1.807) is 0 Å². The zero-order valence-electron chi connectivity index (χ0n) is 14.9. The van der Waals surface area contributed by atoms with Gasteiger partial charge in [-0.2, -0.15) is 26.3 Å². The molecule has 2 atom stereocenters. The fourth-order valence-corrected chi connectivity index (χ4v) is 3.00. The molecule has 0 spiro atoms. The second-order valence-electron chi connectivity index (χ2n) is 6.40. The van der Waals surface area contributed by atoms with Crippen molar-refractivity contribution in [1.29, 1.82) is 0 Å². The average Bonchev–Trinajstić information content (AvgIpc) is 2.59. The summed E-state index contributed by atoms with van der Waals surface area (Å²) in [4.78, 5) is 3.42. The van der Waals surface area contributed by atoms with E-state index >= 15 is 0 Å². The lowest BCUT2D eigenvalue weighted by molar-refractivity contribution is -0.181. The van der Waals surface area contributed by atoms with Crippen LogP contribution in [0.2, 0.25) is 0 Å². The molecular weight excluding hydrogens is 426 g/mol. The van der Waals surface area contributed by atoms with Gasteiger partial charge in [0.05, 0.1) is 17.7 Å². The molecule has 0 bridgehead atoms. The van der Waals surface area contributed by atoms with Crippen molar-refractivity contribution in [2.24, 2.45) is 17.6 Å². The Balaban J connectivity index is 0.000000542. The Morgan fingerprint density at radius 2 is 1.83 bits per heavy atom. The van der Waals surface area contributed by atoms with Crippen molar-refractivity contribution in [3.63, 3.8) is 0 Å². The minimum atomic E-state index is -4.34. The summed E-state index contributed by atoms with van der Waals surface area (Å²) in [7, 11) is -3.34. The Hall–Kier alpha value is -1.44. The number of hydrogen-bond donors (Lipinski definition) is 3. The number of alkyl halides is 6. The zero-order chi connectivity index (χ0) is 21.6. The van der Waals surface area contributed by atoms with Gasteiger partial charge in [-0.25, -0.2) is 13.1 Å². The third-order valence-corrected chi connectivity index (χ3v) is 4.59. The standard InChI is InChI=1S/C8H15F3N2O2S.C7H7F3N2.CH4/c1-16(14,15)13-4-6-2-7(5-12-3-6)8(9,10)11;8-7(9,10)6-1-5(2-11)3-12-4-6;/h6-7,12-13H,2-5H2,1H3;1,3-4H,2,11H2;1H4. The number of nitrogens with two attached hydrogens (primary N) is 1. The Morgan fingerprint density at radius 1 is 1.21 bits per heavy atom. The van der Waals surface area contributed by atoms with Crippen molar-refractivity contribution in [3.8, 4) is 0 Å². The summed E-state index contributed by atoms with van der Waals surface area (Å²) in [5.74, 6) is -1.69. The maximum Gasteiger partial charge on any atom is 0.417 e. The van der Waals surface area contributed by atoms with Crippen molar-refractivity contribution in [1.82, 2.24) is 15.0 Å². The smallest absolute Gasteiger partial charge is 0.326 e. The number of hydrogen-bond acceptors (Lipinski definition) is 5. The van der Waals surface area contributed by atoms with Crippen molar-refractivity contribution >= 4 is 10.0 Å². The topological polar surface area (TPSA) is 97.1 Å². The number of piperidine rings is 1. The molecule has 29 heavy (non-hydrogen) atoms. The molecule has 1 saturated heterocycles. The van der Waals surface area contributed by atoms with Gasteiger partial charge < -0.3 is 11.1 Å². The van der Waals surface area contributed by atoms with Crippen LogP contribution in [-0.4, -0.2) is 45.5 Å². The Labute approximate surface area is 166 Å². The van der Waals surface area contributed by atoms with Gasteiger partial charge in [-0.1, -0.05) is 7.43 Å². The average molecular weight is 452 g/mol. The van der Waals surface area contributed by atoms with Gasteiger partial charge in [0.1, 0.15) is 0 Å². The first kappa shape index (κ1) is 27.6. The van der Waals surface area contributed by atoms with Crippen molar-refractivity contribution in [2.45, 2.75) is 32.7 Å². The van der Waals surface area contributed by atoms with Crippen molar-refractivity contribution in [3.05, 3.63) is 29.6 Å². The molecule has 0 aromatic carbocycles. The molecule has 0 amide bonds. The molecule has 13 heteroatoms. The maximum absolute atomic E-state index is 12.4. The first-order chi connectivity index (χ1) is 12.7. The van der Waals surface area contributed by atoms with Gasteiger partial charge in [0, 0.05) is 32.0 Å². The molecule has 2 rings (SSSR count). The predicted octanol–water partition coefficient (Wildman–Crippen LogP) is 2.52. The van der Waals surface area contributed by atoms with Crippen molar-refractivity contribution < 1.29 is 34.8 Å². The fourth-order valence-electron chi connectivity index (χ4n) is 2.46. The van der Waals surface area contributed by atoms with E-state index < -0.39 is 33.9 Å². The van der Waals surface area contributed by atoms with Crippen LogP contribution in [0.5, 0.6) is 0 Å². The number of nitrogens with one attached hydrogen (secondary N) is 2. The molecule has 4 N–H and O–H groups in total. The number of halogens is 6. The van der Waals surface area contributed by atoms with Crippen LogP contribution in [0.3, 0.4) is 0 Å². The lowest BCUT2D eigenvalue weighted by Gasteiger charge is -2.31. The summed E-state index contributed by atoms with van der Waals surface area (Å²) in [6, 6.07) is 0.993. The molecule has 2 unspecified atom stereocenters. The van der Waals surface area contributed by atoms with E-state index in [0.717, 1.165) is 18.5 Å². The molecule has 1 aromatic heterocycles. The molecule has 0 radical (unpaired) electrons. The van der Waals surface area contributed by atoms with Crippen LogP contribution in [0.4, 0.5) is 26.3 Å². The zero-order valence-corrected chi connectivity index (χ0v) is 15.8. The van der Waals surface area contributed by atoms with Gasteiger partial charge in [0.15, 0.2) is 0 Å². The first-order valence-electron chi connectivity index (χ1n) is 8.15. The van der Waals surface area contributed by atoms with E-state index in [1.807, 2.05) is 0 Å². The second kappa shape index (κ2) is 11.1. The van der Waals surface area contributed by atoms with Crippen LogP contribution in [0.25, 0.3) is 0 Å². The van der Waals surface area contributed by atoms with Crippen LogP contribution in [0, 0.1) is 11.8 Å². The normalized spacial score (nSPS) is 20.3. The molecule has 6 nitrogen and oxygen atoms in total. The monoisotopic (exact) mass is 452 g/mol. The largest absolute Gasteiger partial charge is 0.417 e. The number of sulfonamides is 1. The quantitative estimate of drug-likeness (QED) is 0.610. The lowest BCUT2D eigenvalue weighted by Crippen LogP contribution is -2.46. The summed E-state index contributed by atoms with van der Waals surface area (Å²) < 4.78 is 97.1. The number of nitrogens with zero attached hydrogens (tertiary/aromatic N) is 1. The molecule has 1 fully saturated rings. The highest BCUT2D eigenvalue weighted by molar-refractivity contribution is 7.88. The van der Waals surface area contributed by atoms with E-state index in [4.69, 9.17) is 5.73 Å². The Morgan fingerprint density at radius 3 is 2.31 bits per heavy atom. The number of aromatic nitrogens is 1. The summed E-state index contributed by atoms with van der Waals surface area (Å²) in [6.45, 7) is 0.448. The van der Waals surface area contributed by atoms with Gasteiger partial charge >= 0.3 is 12.4 Å². The van der Waals surface area contributed by atoms with Gasteiger partial charge in [-0.05, 0) is 30.5 Å². The predicted molar refractivity (Wildman–Crippen MR) is 97.2 cm³/mol. The second-order valence-corrected chi connectivity index (χ2v) is 8.24. The lowest BCUT2D eigenvalue weighted by atomic mass is 9.90. The highest BCUT2D eigenvalue weighted by Gasteiger charge is 2.42. The SMILES string of the molecule is C.CS(=O)(=O)NCC1CNCC(C(F)(F)F)C1.NCc1cncc(C(F)(F)F)c1. The molecule has 0 aliphatic carbocycles. The van der Waals surface area contributed by atoms with Gasteiger partial charge in [-0.3, -0.25) is 4.98 Å². The van der Waals surface area contributed by atoms with Crippen LogP contribution in [0.1, 0.15) is 25.0 Å². The molecule has 1 aliphatic heterocycles. The molecule has 1 aromatic rings. The van der Waals surface area contributed by atoms with E-state index in [0.29, 0.717) is 12.1 Å². The summed E-state index contributed by atoms with van der Waals surface area (Å²) in [6.07, 6.45) is -5.49. The summed E-state index contributed by atoms with van der Waals surface area (Å²) in [5, 5.41) is 2.67. The first-order valence-corrected chi connectivity index (χ1v) is 10.0. The molecule has 170 valence electrons. The van der Waals surface area contributed by atoms with Crippen LogP contribution >= 0.6 is 0 Å². The highest BCUT2D eigenvalue weighted by Crippen LogP contribution is 2.32. The van der Waals surface area contributed by atoms with E-state index in [-0.39, 0.29) is 39.4 Å². The number of pyridine rings is 1. The number of rotatable bonds is 4. The molecule has 2 heterocycles. The van der Waals surface area contributed by atoms with Gasteiger partial charge in [-0.15, -0.1) is 0 Å². The van der Waals surface area contributed by atoms with E-state index in [2.05, 4.69) is 15.0 Å². The van der Waals surface area contributed by atoms with Gasteiger partial charge in [0.2, 0.25) is 10.0 Å². The summed E-state index contributed by atoms with van der Waals surface area (Å²) >= 11 is 0. The third kappa shape index (κ3) is 10.8. The highest BCUT2D eigenvalue weighted by atomic mass is 32.2. The minimum absolute atomic E-state index is 0. The van der Waals surface area contributed by atoms with E-state index in [1.165, 1.54) is 6.20 Å². The maximum atomic E-state index is 12.4. The third-order valence-electron chi connectivity index (χ3n) is 3.90. The summed E-state index contributed by atoms with van der Waals surface area (Å²) in [5.41, 5.74) is 4.78.